The number of nitrogens with two attached hydrogens (primary N) is 2. The number of carboxylic acid groups (broad SMARTS) is 3. The fourth-order valence-corrected chi connectivity index (χ4v) is 11.4. The minimum absolute atomic E-state index is 0.0386. The van der Waals surface area contributed by atoms with Crippen molar-refractivity contribution in [3.63, 3.8) is 0 Å². The summed E-state index contributed by atoms with van der Waals surface area (Å²) in [5, 5.41) is 73.4. The molecule has 6 rings (SSSR count). The van der Waals surface area contributed by atoms with Gasteiger partial charge in [-0.05, 0) is 110 Å². The predicted molar refractivity (Wildman–Crippen MR) is 383 cm³/mol. The number of aliphatic imine (C=N–C) groups is 1. The second-order valence-corrected chi connectivity index (χ2v) is 24.4. The molecule has 1 unspecified atom stereocenters. The van der Waals surface area contributed by atoms with Crippen molar-refractivity contribution in [3.8, 4) is 16.9 Å². The molecule has 5 aromatic carbocycles. The van der Waals surface area contributed by atoms with Gasteiger partial charge in [-0.25, -0.2) is 4.79 Å². The Morgan fingerprint density at radius 1 is 0.525 bits per heavy atom. The number of carbonyl (C=O) groups is 9. The maximum Gasteiger partial charge on any atom is 0.344 e. The van der Waals surface area contributed by atoms with E-state index < -0.39 is 77.8 Å². The normalized spacial score (nSPS) is 15.1. The summed E-state index contributed by atoms with van der Waals surface area (Å²) >= 11 is 0. The SMILES string of the molecule is CCNC(=O)/N=C(/N)NCCC[C@@H](NC(=O)[C@@H](c1ccccc1)c1ccc(NCCCNC(=O)[C@@H](CCCCNC(=N)N)NC(=O)[C@@H](Cc2ccc(-c3ccccc3)cc2)NC(C=O)N2CCN(CC(=O)O)CCN(CC(=O)O)CCN(CC(=O)O)CC2)cc1)C(=O)NCc1ccc(O)cc1. The average Bonchev–Trinajstić information content (AvgIpc) is 0.831. The predicted octanol–water partition coefficient (Wildman–Crippen LogP) is 1.66. The minimum atomic E-state index is -1.19. The number of urea groups is 1. The maximum atomic E-state index is 15.0. The number of aliphatic carboxylic acids is 3. The number of carbonyl (C=O) groups excluding carboxylic acids is 6. The number of amides is 6. The summed E-state index contributed by atoms with van der Waals surface area (Å²) in [5.74, 6) is -6.41. The summed E-state index contributed by atoms with van der Waals surface area (Å²) in [6, 6.07) is 36.2. The fraction of sp³-hybridized carbons (Fsp3) is 0.423. The van der Waals surface area contributed by atoms with E-state index >= 15 is 0 Å². The molecule has 18 N–H and O–H groups in total. The molecule has 1 aliphatic rings. The molecule has 0 saturated carbocycles. The zero-order chi connectivity index (χ0) is 72.9. The van der Waals surface area contributed by atoms with Gasteiger partial charge in [0.2, 0.25) is 23.6 Å². The van der Waals surface area contributed by atoms with Gasteiger partial charge in [0.15, 0.2) is 18.2 Å². The molecule has 1 fully saturated rings. The van der Waals surface area contributed by atoms with E-state index in [1.54, 1.807) is 38.7 Å². The van der Waals surface area contributed by atoms with Crippen LogP contribution in [0.4, 0.5) is 10.5 Å². The lowest BCUT2D eigenvalue weighted by atomic mass is 9.90. The van der Waals surface area contributed by atoms with E-state index in [1.807, 2.05) is 109 Å². The second-order valence-electron chi connectivity index (χ2n) is 24.4. The van der Waals surface area contributed by atoms with Gasteiger partial charge in [0.1, 0.15) is 24.0 Å². The highest BCUT2D eigenvalue weighted by Crippen LogP contribution is 2.27. The number of rotatable bonds is 38. The van der Waals surface area contributed by atoms with Gasteiger partial charge in [-0.3, -0.25) is 63.9 Å². The number of unbranched alkanes of at least 4 members (excludes halogenated alkanes) is 1. The van der Waals surface area contributed by atoms with Crippen molar-refractivity contribution in [3.05, 3.63) is 156 Å². The van der Waals surface area contributed by atoms with Gasteiger partial charge in [-0.15, -0.1) is 0 Å². The summed E-state index contributed by atoms with van der Waals surface area (Å²) in [6.07, 6.45) is 1.51. The Bertz CT molecular complexity index is 3450. The smallest absolute Gasteiger partial charge is 0.344 e. The summed E-state index contributed by atoms with van der Waals surface area (Å²) < 4.78 is 0. The van der Waals surface area contributed by atoms with E-state index in [9.17, 15) is 63.6 Å². The zero-order valence-electron chi connectivity index (χ0n) is 57.0. The van der Waals surface area contributed by atoms with Crippen LogP contribution in [0.25, 0.3) is 11.1 Å². The van der Waals surface area contributed by atoms with Crippen LogP contribution in [0.1, 0.15) is 73.6 Å². The number of nitrogens with one attached hydrogen (secondary N) is 10. The first kappa shape index (κ1) is 79.5. The molecule has 1 saturated heterocycles. The molecule has 30 nitrogen and oxygen atoms in total. The van der Waals surface area contributed by atoms with Crippen LogP contribution < -0.4 is 59.3 Å². The Labute approximate surface area is 587 Å². The van der Waals surface area contributed by atoms with Crippen LogP contribution >= 0.6 is 0 Å². The summed E-state index contributed by atoms with van der Waals surface area (Å²) in [7, 11) is 0. The summed E-state index contributed by atoms with van der Waals surface area (Å²) in [6.45, 7) is 3.22. The standard InChI is InChI=1S/C71H97N17O13/c1-2-75-71(101)84-70(74)79-32-11-18-58(66(98)80-44-50-21-29-56(90)30-22-50)83-68(100)64(53-15-7-4-8-16-53)54-25-27-55(28-26-54)76-33-12-34-77-65(97)57(17-9-10-31-78-69(72)73)82-67(99)59(43-49-19-23-52(24-20-49)51-13-5-3-6-14-51)81-60(48-89)88-41-39-86(46-62(93)94)37-35-85(45-61(91)92)36-38-87(40-42-88)47-63(95)96/h3-8,13-16,19-30,48,57-60,64,76,81,90H,2,9-12,17-18,31-47H2,1H3,(H,77,97)(H,80,98)(H,82,99)(H,83,100)(H,91,92)(H,93,94)(H,95,96)(H4,72,73,78)(H4,74,75,79,84,101)/t57-,58-,59-,60?,64+/m1/s1. The number of hydrogen-bond donors (Lipinski definition) is 16. The van der Waals surface area contributed by atoms with Crippen LogP contribution in [0.3, 0.4) is 0 Å². The van der Waals surface area contributed by atoms with E-state index in [0.29, 0.717) is 74.0 Å². The topological polar surface area (TPSA) is 444 Å². The number of anilines is 1. The van der Waals surface area contributed by atoms with Crippen LogP contribution in [0.2, 0.25) is 0 Å². The average molecular weight is 1400 g/mol. The first-order valence-corrected chi connectivity index (χ1v) is 33.9. The maximum absolute atomic E-state index is 15.0. The third-order valence-corrected chi connectivity index (χ3v) is 16.7. The first-order chi connectivity index (χ1) is 48.7. The first-order valence-electron chi connectivity index (χ1n) is 33.9. The molecular weight excluding hydrogens is 1300 g/mol. The van der Waals surface area contributed by atoms with E-state index in [0.717, 1.165) is 16.7 Å². The highest BCUT2D eigenvalue weighted by atomic mass is 16.4. The zero-order valence-corrected chi connectivity index (χ0v) is 57.0. The van der Waals surface area contributed by atoms with E-state index in [1.165, 1.54) is 12.1 Å². The van der Waals surface area contributed by atoms with Gasteiger partial charge in [0.25, 0.3) is 0 Å². The molecule has 544 valence electrons. The molecule has 101 heavy (non-hydrogen) atoms. The number of nitrogens with zero attached hydrogens (tertiary/aromatic N) is 5. The highest BCUT2D eigenvalue weighted by Gasteiger charge is 2.32. The van der Waals surface area contributed by atoms with Crippen LogP contribution in [0, 0.1) is 5.41 Å². The lowest BCUT2D eigenvalue weighted by Gasteiger charge is -2.36. The highest BCUT2D eigenvalue weighted by molar-refractivity contribution is 5.93. The molecule has 6 amide bonds. The molecular formula is C71H97N17O13. The molecule has 0 aromatic heterocycles. The molecule has 0 spiro atoms. The van der Waals surface area contributed by atoms with E-state index in [4.69, 9.17) is 16.9 Å². The molecule has 0 bridgehead atoms. The van der Waals surface area contributed by atoms with Gasteiger partial charge in [0, 0.05) is 97.3 Å². The van der Waals surface area contributed by atoms with Crippen LogP contribution in [0.15, 0.2) is 138 Å². The van der Waals surface area contributed by atoms with E-state index in [2.05, 4.69) is 52.8 Å². The molecule has 30 heteroatoms. The number of carboxylic acids is 3. The lowest BCUT2D eigenvalue weighted by Crippen LogP contribution is -2.60. The van der Waals surface area contributed by atoms with Gasteiger partial charge >= 0.3 is 23.9 Å². The van der Waals surface area contributed by atoms with Gasteiger partial charge in [-0.1, -0.05) is 109 Å². The Kier molecular flexibility index (Phi) is 33.9. The Morgan fingerprint density at radius 2 is 1.03 bits per heavy atom. The quantitative estimate of drug-likeness (QED) is 0.0116. The number of aldehydes is 1. The number of hydrogen-bond acceptors (Lipinski definition) is 17. The Hall–Kier alpha value is -10.5. The van der Waals surface area contributed by atoms with Crippen molar-refractivity contribution in [1.82, 2.24) is 62.1 Å². The van der Waals surface area contributed by atoms with E-state index in [-0.39, 0.29) is 129 Å². The number of guanidine groups is 2. The lowest BCUT2D eigenvalue weighted by molar-refractivity contribution is -0.140. The largest absolute Gasteiger partial charge is 0.508 e. The van der Waals surface area contributed by atoms with Crippen LogP contribution in [0.5, 0.6) is 5.75 Å². The third kappa shape index (κ3) is 29.4. The van der Waals surface area contributed by atoms with Crippen LogP contribution in [-0.4, -0.2) is 235 Å². The van der Waals surface area contributed by atoms with Crippen molar-refractivity contribution < 1.29 is 63.6 Å². The number of benzene rings is 5. The Morgan fingerprint density at radius 3 is 1.59 bits per heavy atom. The van der Waals surface area contributed by atoms with Crippen LogP contribution in [-0.2, 0) is 51.3 Å². The fourth-order valence-electron chi connectivity index (χ4n) is 11.4. The molecule has 0 radical (unpaired) electrons. The second kappa shape index (κ2) is 43.1. The molecule has 0 aliphatic carbocycles. The summed E-state index contributed by atoms with van der Waals surface area (Å²) in [4.78, 5) is 129. The van der Waals surface area contributed by atoms with Crippen molar-refractivity contribution >= 4 is 71.5 Å². The minimum Gasteiger partial charge on any atom is -0.508 e. The van der Waals surface area contributed by atoms with Crippen molar-refractivity contribution in [1.29, 1.82) is 5.41 Å². The molecule has 1 heterocycles. The van der Waals surface area contributed by atoms with Gasteiger partial charge in [-0.2, -0.15) is 4.99 Å². The molecule has 5 atom stereocenters. The van der Waals surface area contributed by atoms with Gasteiger partial charge < -0.3 is 79.2 Å². The van der Waals surface area contributed by atoms with Crippen molar-refractivity contribution in [2.45, 2.75) is 88.6 Å². The molecule has 5 aromatic rings. The third-order valence-electron chi connectivity index (χ3n) is 16.7. The molecule has 1 aliphatic heterocycles. The number of phenols is 1. The number of aromatic hydroxyl groups is 1. The summed E-state index contributed by atoms with van der Waals surface area (Å²) in [5.41, 5.74) is 16.8. The number of phenolic OH excluding ortho intramolecular Hbond substituents is 1. The monoisotopic (exact) mass is 1400 g/mol. The van der Waals surface area contributed by atoms with Crippen molar-refractivity contribution in [2.24, 2.45) is 16.5 Å². The van der Waals surface area contributed by atoms with Gasteiger partial charge in [0.05, 0.1) is 31.6 Å². The van der Waals surface area contributed by atoms with Crippen molar-refractivity contribution in [2.75, 3.05) is 110 Å². The Balaban J connectivity index is 1.16.